The van der Waals surface area contributed by atoms with Gasteiger partial charge in [0.05, 0.1) is 12.7 Å². The number of ether oxygens (including phenoxy) is 1. The second kappa shape index (κ2) is 5.58. The van der Waals surface area contributed by atoms with Crippen molar-refractivity contribution in [2.45, 2.75) is 18.9 Å². The molecule has 0 aromatic heterocycles. The van der Waals surface area contributed by atoms with E-state index in [1.54, 1.807) is 0 Å². The topological polar surface area (TPSA) is 15.7 Å². The predicted molar refractivity (Wildman–Crippen MR) is 55.0 cm³/mol. The van der Waals surface area contributed by atoms with Crippen molar-refractivity contribution < 1.29 is 4.74 Å². The molecule has 1 fully saturated rings. The summed E-state index contributed by atoms with van der Waals surface area (Å²) >= 11 is 0. The third kappa shape index (κ3) is 4.60. The molecule has 0 radical (unpaired) electrons. The summed E-state index contributed by atoms with van der Waals surface area (Å²) in [5.41, 5.74) is 0. The number of hydrogen-bond donors (Lipinski definition) is 0. The molecular formula is C10H22N2O. The van der Waals surface area contributed by atoms with E-state index in [-0.39, 0.29) is 0 Å². The zero-order valence-corrected chi connectivity index (χ0v) is 9.12. The van der Waals surface area contributed by atoms with E-state index in [1.165, 1.54) is 25.9 Å². The van der Waals surface area contributed by atoms with Crippen molar-refractivity contribution in [3.63, 3.8) is 0 Å². The highest BCUT2D eigenvalue weighted by Gasteiger charge is 2.16. The highest BCUT2D eigenvalue weighted by molar-refractivity contribution is 4.69. The Morgan fingerprint density at radius 2 is 1.92 bits per heavy atom. The van der Waals surface area contributed by atoms with Gasteiger partial charge in [0.1, 0.15) is 0 Å². The van der Waals surface area contributed by atoms with Crippen LogP contribution in [0.25, 0.3) is 0 Å². The predicted octanol–water partition coefficient (Wildman–Crippen LogP) is 0.659. The molecule has 0 aromatic rings. The van der Waals surface area contributed by atoms with E-state index < -0.39 is 0 Å². The number of rotatable bonds is 4. The summed E-state index contributed by atoms with van der Waals surface area (Å²) in [4.78, 5) is 4.53. The molecular weight excluding hydrogens is 164 g/mol. The highest BCUT2D eigenvalue weighted by atomic mass is 16.5. The standard InChI is InChI=1S/C10H22N2O/c1-11(2)8-9-13-10-4-6-12(3)7-5-10/h10H,4-9H2,1-3H3. The first-order chi connectivity index (χ1) is 6.18. The van der Waals surface area contributed by atoms with E-state index in [1.807, 2.05) is 0 Å². The largest absolute Gasteiger partial charge is 0.377 e. The summed E-state index contributed by atoms with van der Waals surface area (Å²) in [6.45, 7) is 4.28. The lowest BCUT2D eigenvalue weighted by atomic mass is 10.1. The lowest BCUT2D eigenvalue weighted by Gasteiger charge is -2.29. The molecule has 0 N–H and O–H groups in total. The molecule has 0 aromatic carbocycles. The molecule has 3 heteroatoms. The number of likely N-dealkylation sites (tertiary alicyclic amines) is 1. The molecule has 3 nitrogen and oxygen atoms in total. The van der Waals surface area contributed by atoms with Gasteiger partial charge in [0.25, 0.3) is 0 Å². The number of likely N-dealkylation sites (N-methyl/N-ethyl adjacent to an activating group) is 1. The van der Waals surface area contributed by atoms with Crippen molar-refractivity contribution in [1.82, 2.24) is 9.80 Å². The van der Waals surface area contributed by atoms with Crippen LogP contribution in [0.5, 0.6) is 0 Å². The molecule has 78 valence electrons. The molecule has 0 bridgehead atoms. The Bertz CT molecular complexity index is 131. The first-order valence-electron chi connectivity index (χ1n) is 5.13. The minimum atomic E-state index is 0.510. The quantitative estimate of drug-likeness (QED) is 0.641. The van der Waals surface area contributed by atoms with Crippen LogP contribution >= 0.6 is 0 Å². The van der Waals surface area contributed by atoms with Gasteiger partial charge in [-0.25, -0.2) is 0 Å². The fourth-order valence-electron chi connectivity index (χ4n) is 1.55. The maximum Gasteiger partial charge on any atom is 0.0600 e. The zero-order chi connectivity index (χ0) is 9.68. The van der Waals surface area contributed by atoms with E-state index in [4.69, 9.17) is 4.74 Å². The Labute approximate surface area is 81.7 Å². The second-order valence-corrected chi connectivity index (χ2v) is 4.18. The monoisotopic (exact) mass is 186 g/mol. The van der Waals surface area contributed by atoms with Gasteiger partial charge in [-0.2, -0.15) is 0 Å². The van der Waals surface area contributed by atoms with Crippen molar-refractivity contribution >= 4 is 0 Å². The summed E-state index contributed by atoms with van der Waals surface area (Å²) in [6, 6.07) is 0. The third-order valence-electron chi connectivity index (χ3n) is 2.56. The van der Waals surface area contributed by atoms with E-state index >= 15 is 0 Å². The molecule has 0 saturated carbocycles. The van der Waals surface area contributed by atoms with Crippen LogP contribution in [0.3, 0.4) is 0 Å². The van der Waals surface area contributed by atoms with Gasteiger partial charge < -0.3 is 14.5 Å². The van der Waals surface area contributed by atoms with Gasteiger partial charge in [0, 0.05) is 19.6 Å². The lowest BCUT2D eigenvalue weighted by molar-refractivity contribution is 0.00687. The molecule has 1 saturated heterocycles. The first-order valence-corrected chi connectivity index (χ1v) is 5.13. The first kappa shape index (κ1) is 11.0. The second-order valence-electron chi connectivity index (χ2n) is 4.18. The SMILES string of the molecule is CN(C)CCOC1CCN(C)CC1. The Morgan fingerprint density at radius 3 is 2.46 bits per heavy atom. The van der Waals surface area contributed by atoms with Gasteiger partial charge in [-0.15, -0.1) is 0 Å². The molecule has 0 aliphatic carbocycles. The average Bonchev–Trinajstić information content (AvgIpc) is 2.08. The Balaban J connectivity index is 2.02. The Kier molecular flexibility index (Phi) is 4.70. The molecule has 1 aliphatic heterocycles. The summed E-state index contributed by atoms with van der Waals surface area (Å²) in [7, 11) is 6.34. The molecule has 0 amide bonds. The Morgan fingerprint density at radius 1 is 1.31 bits per heavy atom. The van der Waals surface area contributed by atoms with Crippen LogP contribution in [0.1, 0.15) is 12.8 Å². The van der Waals surface area contributed by atoms with Crippen molar-refractivity contribution in [1.29, 1.82) is 0 Å². The fourth-order valence-corrected chi connectivity index (χ4v) is 1.55. The molecule has 1 aliphatic rings. The van der Waals surface area contributed by atoms with E-state index in [2.05, 4.69) is 30.9 Å². The average molecular weight is 186 g/mol. The number of hydrogen-bond acceptors (Lipinski definition) is 3. The van der Waals surface area contributed by atoms with Crippen LogP contribution in [0, 0.1) is 0 Å². The molecule has 1 heterocycles. The van der Waals surface area contributed by atoms with Crippen LogP contribution in [0.2, 0.25) is 0 Å². The number of piperidine rings is 1. The number of nitrogens with zero attached hydrogens (tertiary/aromatic N) is 2. The van der Waals surface area contributed by atoms with Crippen molar-refractivity contribution in [2.75, 3.05) is 47.4 Å². The Hall–Kier alpha value is -0.120. The van der Waals surface area contributed by atoms with Crippen LogP contribution in [-0.2, 0) is 4.74 Å². The van der Waals surface area contributed by atoms with Gasteiger partial charge in [-0.05, 0) is 34.0 Å². The molecule has 1 rings (SSSR count). The minimum absolute atomic E-state index is 0.510. The molecule has 0 atom stereocenters. The van der Waals surface area contributed by atoms with E-state index in [0.717, 1.165) is 13.2 Å². The van der Waals surface area contributed by atoms with Crippen molar-refractivity contribution in [3.05, 3.63) is 0 Å². The fraction of sp³-hybridized carbons (Fsp3) is 1.00. The van der Waals surface area contributed by atoms with Gasteiger partial charge in [0.2, 0.25) is 0 Å². The molecule has 0 spiro atoms. The highest BCUT2D eigenvalue weighted by Crippen LogP contribution is 2.11. The van der Waals surface area contributed by atoms with Gasteiger partial charge in [-0.3, -0.25) is 0 Å². The van der Waals surface area contributed by atoms with Crippen LogP contribution < -0.4 is 0 Å². The van der Waals surface area contributed by atoms with E-state index in [9.17, 15) is 0 Å². The van der Waals surface area contributed by atoms with Gasteiger partial charge in [-0.1, -0.05) is 0 Å². The van der Waals surface area contributed by atoms with Gasteiger partial charge >= 0.3 is 0 Å². The summed E-state index contributed by atoms with van der Waals surface area (Å²) in [6.07, 6.45) is 2.91. The van der Waals surface area contributed by atoms with E-state index in [0.29, 0.717) is 6.10 Å². The third-order valence-corrected chi connectivity index (χ3v) is 2.56. The maximum atomic E-state index is 5.77. The minimum Gasteiger partial charge on any atom is -0.377 e. The lowest BCUT2D eigenvalue weighted by Crippen LogP contribution is -2.35. The van der Waals surface area contributed by atoms with Gasteiger partial charge in [0.15, 0.2) is 0 Å². The summed E-state index contributed by atoms with van der Waals surface area (Å²) in [5.74, 6) is 0. The van der Waals surface area contributed by atoms with Crippen LogP contribution in [-0.4, -0.2) is 63.3 Å². The molecule has 0 unspecified atom stereocenters. The normalized spacial score (nSPS) is 21.2. The zero-order valence-electron chi connectivity index (χ0n) is 9.12. The smallest absolute Gasteiger partial charge is 0.0600 e. The molecule has 13 heavy (non-hydrogen) atoms. The maximum absolute atomic E-state index is 5.77. The summed E-state index contributed by atoms with van der Waals surface area (Å²) in [5, 5.41) is 0. The van der Waals surface area contributed by atoms with Crippen molar-refractivity contribution in [3.8, 4) is 0 Å². The van der Waals surface area contributed by atoms with Crippen LogP contribution in [0.15, 0.2) is 0 Å². The van der Waals surface area contributed by atoms with Crippen LogP contribution in [0.4, 0.5) is 0 Å². The summed E-state index contributed by atoms with van der Waals surface area (Å²) < 4.78 is 5.77. The van der Waals surface area contributed by atoms with Crippen molar-refractivity contribution in [2.24, 2.45) is 0 Å².